The van der Waals surface area contributed by atoms with E-state index >= 15 is 0 Å². The van der Waals surface area contributed by atoms with Crippen molar-refractivity contribution in [2.24, 2.45) is 0 Å². The molecule has 0 radical (unpaired) electrons. The first kappa shape index (κ1) is 12.2. The van der Waals surface area contributed by atoms with Crippen molar-refractivity contribution in [2.75, 3.05) is 0 Å². The summed E-state index contributed by atoms with van der Waals surface area (Å²) in [7, 11) is 0. The van der Waals surface area contributed by atoms with Crippen molar-refractivity contribution in [1.82, 2.24) is 15.3 Å². The van der Waals surface area contributed by atoms with Crippen LogP contribution in [0, 0.1) is 5.82 Å². The van der Waals surface area contributed by atoms with E-state index in [-0.39, 0.29) is 11.4 Å². The maximum atomic E-state index is 13.9. The minimum Gasteiger partial charge on any atom is -0.307 e. The average Bonchev–Trinajstić information content (AvgIpc) is 2.97. The summed E-state index contributed by atoms with van der Waals surface area (Å²) < 4.78 is 13.9. The average molecular weight is 281 g/mol. The summed E-state index contributed by atoms with van der Waals surface area (Å²) >= 11 is 0. The predicted octanol–water partition coefficient (Wildman–Crippen LogP) is 2.33. The lowest BCUT2D eigenvalue weighted by molar-refractivity contribution is 0.640. The Bertz CT molecular complexity index is 917. The molecule has 0 spiro atoms. The number of nitrogens with zero attached hydrogens (tertiary/aromatic N) is 1. The van der Waals surface area contributed by atoms with Crippen molar-refractivity contribution in [1.29, 1.82) is 0 Å². The second-order valence-electron chi connectivity index (χ2n) is 5.08. The predicted molar refractivity (Wildman–Crippen MR) is 78.3 cm³/mol. The van der Waals surface area contributed by atoms with Gasteiger partial charge in [-0.3, -0.25) is 4.79 Å². The molecule has 4 rings (SSSR count). The van der Waals surface area contributed by atoms with Crippen LogP contribution in [-0.2, 0) is 13.1 Å². The highest BCUT2D eigenvalue weighted by molar-refractivity contribution is 5.95. The van der Waals surface area contributed by atoms with E-state index in [1.807, 2.05) is 12.1 Å². The molecule has 21 heavy (non-hydrogen) atoms. The van der Waals surface area contributed by atoms with Crippen molar-refractivity contribution in [3.63, 3.8) is 0 Å². The highest BCUT2D eigenvalue weighted by Gasteiger charge is 2.18. The van der Waals surface area contributed by atoms with E-state index in [2.05, 4.69) is 15.3 Å². The van der Waals surface area contributed by atoms with Crippen molar-refractivity contribution in [3.8, 4) is 11.4 Å². The van der Waals surface area contributed by atoms with Gasteiger partial charge in [-0.05, 0) is 17.5 Å². The summed E-state index contributed by atoms with van der Waals surface area (Å²) in [4.78, 5) is 19.4. The molecule has 0 aliphatic carbocycles. The Kier molecular flexibility index (Phi) is 2.62. The van der Waals surface area contributed by atoms with E-state index < -0.39 is 0 Å². The lowest BCUT2D eigenvalue weighted by Gasteiger charge is -2.08. The maximum absolute atomic E-state index is 13.9. The van der Waals surface area contributed by atoms with E-state index in [4.69, 9.17) is 0 Å². The van der Waals surface area contributed by atoms with Crippen LogP contribution in [0.15, 0.2) is 41.2 Å². The number of hydrogen-bond donors (Lipinski definition) is 2. The lowest BCUT2D eigenvalue weighted by Crippen LogP contribution is -2.15. The molecular weight excluding hydrogens is 269 g/mol. The smallest absolute Gasteiger partial charge is 0.255 e. The molecule has 1 aliphatic rings. The van der Waals surface area contributed by atoms with Gasteiger partial charge in [0.15, 0.2) is 0 Å². The molecule has 4 nitrogen and oxygen atoms in total. The van der Waals surface area contributed by atoms with Gasteiger partial charge < -0.3 is 10.3 Å². The standard InChI is InChI=1S/C16H12FN3O/c17-13-6-5-11(9-3-1-2-4-10(9)13)15-19-14-8-18-7-12(14)16(21)20-15/h1-6,18H,7-8H2,(H,19,20,21). The largest absolute Gasteiger partial charge is 0.307 e. The Hall–Kier alpha value is -2.53. The monoisotopic (exact) mass is 281 g/mol. The molecule has 0 atom stereocenters. The van der Waals surface area contributed by atoms with Gasteiger partial charge in [0, 0.05) is 24.0 Å². The summed E-state index contributed by atoms with van der Waals surface area (Å²) in [6.45, 7) is 1.13. The minimum absolute atomic E-state index is 0.131. The molecule has 0 amide bonds. The molecule has 3 aromatic rings. The van der Waals surface area contributed by atoms with Gasteiger partial charge in [0.1, 0.15) is 11.6 Å². The first-order valence-electron chi connectivity index (χ1n) is 6.74. The SMILES string of the molecule is O=c1[nH]c(-c2ccc(F)c3ccccc23)nc2c1CNC2. The Morgan fingerprint density at radius 3 is 2.71 bits per heavy atom. The molecule has 2 N–H and O–H groups in total. The summed E-state index contributed by atoms with van der Waals surface area (Å²) in [6.07, 6.45) is 0. The van der Waals surface area contributed by atoms with Crippen molar-refractivity contribution < 1.29 is 4.39 Å². The van der Waals surface area contributed by atoms with Crippen molar-refractivity contribution in [2.45, 2.75) is 13.1 Å². The number of fused-ring (bicyclic) bond motifs is 2. The number of benzene rings is 2. The fraction of sp³-hybridized carbons (Fsp3) is 0.125. The topological polar surface area (TPSA) is 57.8 Å². The zero-order valence-corrected chi connectivity index (χ0v) is 11.1. The van der Waals surface area contributed by atoms with E-state index in [0.717, 1.165) is 16.6 Å². The zero-order chi connectivity index (χ0) is 14.4. The third kappa shape index (κ3) is 1.86. The van der Waals surface area contributed by atoms with E-state index in [0.29, 0.717) is 29.9 Å². The molecule has 2 heterocycles. The van der Waals surface area contributed by atoms with Gasteiger partial charge in [-0.15, -0.1) is 0 Å². The van der Waals surface area contributed by atoms with Gasteiger partial charge in [0.25, 0.3) is 5.56 Å². The molecule has 2 aromatic carbocycles. The van der Waals surface area contributed by atoms with E-state index in [9.17, 15) is 9.18 Å². The van der Waals surface area contributed by atoms with Crippen LogP contribution < -0.4 is 10.9 Å². The van der Waals surface area contributed by atoms with Gasteiger partial charge in [0.05, 0.1) is 11.3 Å². The number of aromatic nitrogens is 2. The number of hydrogen-bond acceptors (Lipinski definition) is 3. The molecule has 0 unspecified atom stereocenters. The van der Waals surface area contributed by atoms with Crippen LogP contribution in [0.2, 0.25) is 0 Å². The summed E-state index contributed by atoms with van der Waals surface area (Å²) in [6, 6.07) is 10.3. The lowest BCUT2D eigenvalue weighted by atomic mass is 10.0. The van der Waals surface area contributed by atoms with Gasteiger partial charge in [-0.1, -0.05) is 24.3 Å². The number of halogens is 1. The third-order valence-corrected chi connectivity index (χ3v) is 3.82. The summed E-state index contributed by atoms with van der Waals surface area (Å²) in [5, 5.41) is 4.38. The second-order valence-corrected chi connectivity index (χ2v) is 5.08. The highest BCUT2D eigenvalue weighted by atomic mass is 19.1. The van der Waals surface area contributed by atoms with Crippen molar-refractivity contribution >= 4 is 10.8 Å². The summed E-state index contributed by atoms with van der Waals surface area (Å²) in [5.74, 6) is 0.207. The first-order valence-corrected chi connectivity index (χ1v) is 6.74. The fourth-order valence-electron chi connectivity index (χ4n) is 2.78. The van der Waals surface area contributed by atoms with Crippen LogP contribution in [0.1, 0.15) is 11.3 Å². The van der Waals surface area contributed by atoms with Gasteiger partial charge >= 0.3 is 0 Å². The molecule has 0 bridgehead atoms. The van der Waals surface area contributed by atoms with Gasteiger partial charge in [0.2, 0.25) is 0 Å². The van der Waals surface area contributed by atoms with Crippen LogP contribution >= 0.6 is 0 Å². The molecule has 1 aliphatic heterocycles. The zero-order valence-electron chi connectivity index (χ0n) is 11.1. The van der Waals surface area contributed by atoms with Crippen LogP contribution in [0.4, 0.5) is 4.39 Å². The minimum atomic E-state index is -0.278. The molecular formula is C16H12FN3O. The Morgan fingerprint density at radius 2 is 1.86 bits per heavy atom. The maximum Gasteiger partial charge on any atom is 0.255 e. The Labute approximate surface area is 119 Å². The Balaban J connectivity index is 2.02. The Morgan fingerprint density at radius 1 is 1.05 bits per heavy atom. The van der Waals surface area contributed by atoms with Gasteiger partial charge in [-0.2, -0.15) is 0 Å². The number of aromatic amines is 1. The molecule has 0 fully saturated rings. The molecule has 0 saturated carbocycles. The van der Waals surface area contributed by atoms with Crippen LogP contribution in [0.25, 0.3) is 22.2 Å². The molecule has 5 heteroatoms. The summed E-state index contributed by atoms with van der Waals surface area (Å²) in [5.41, 5.74) is 2.06. The quantitative estimate of drug-likeness (QED) is 0.719. The van der Waals surface area contributed by atoms with Gasteiger partial charge in [-0.25, -0.2) is 9.37 Å². The van der Waals surface area contributed by atoms with E-state index in [1.54, 1.807) is 18.2 Å². The van der Waals surface area contributed by atoms with Crippen molar-refractivity contribution in [3.05, 3.63) is 63.8 Å². The number of nitrogens with one attached hydrogen (secondary N) is 2. The second kappa shape index (κ2) is 4.49. The van der Waals surface area contributed by atoms with E-state index in [1.165, 1.54) is 6.07 Å². The highest BCUT2D eigenvalue weighted by Crippen LogP contribution is 2.28. The van der Waals surface area contributed by atoms with Crippen LogP contribution in [0.5, 0.6) is 0 Å². The molecule has 0 saturated heterocycles. The molecule has 104 valence electrons. The van der Waals surface area contributed by atoms with Crippen LogP contribution in [-0.4, -0.2) is 9.97 Å². The number of H-pyrrole nitrogens is 1. The normalized spacial score (nSPS) is 13.6. The van der Waals surface area contributed by atoms with Crippen LogP contribution in [0.3, 0.4) is 0 Å². The number of rotatable bonds is 1. The first-order chi connectivity index (χ1) is 10.2. The fourth-order valence-corrected chi connectivity index (χ4v) is 2.78. The molecule has 1 aromatic heterocycles. The third-order valence-electron chi connectivity index (χ3n) is 3.82.